The first-order valence-electron chi connectivity index (χ1n) is 10.8. The number of imidazole rings is 2. The lowest BCUT2D eigenvalue weighted by Gasteiger charge is -2.11. The summed E-state index contributed by atoms with van der Waals surface area (Å²) in [5.74, 6) is -0.0113. The summed E-state index contributed by atoms with van der Waals surface area (Å²) in [6.07, 6.45) is 1.82. The van der Waals surface area contributed by atoms with Crippen molar-refractivity contribution in [3.05, 3.63) is 97.4 Å². The largest absolute Gasteiger partial charge is 0.366 e. The van der Waals surface area contributed by atoms with Gasteiger partial charge in [-0.3, -0.25) is 27.7 Å². The van der Waals surface area contributed by atoms with Crippen LogP contribution in [0.2, 0.25) is 0 Å². The molecule has 172 valence electrons. The van der Waals surface area contributed by atoms with Crippen molar-refractivity contribution in [3.63, 3.8) is 0 Å². The number of hydrogen-bond acceptors (Lipinski definition) is 4. The van der Waals surface area contributed by atoms with Gasteiger partial charge in [0.25, 0.3) is 5.56 Å². The first-order valence-corrected chi connectivity index (χ1v) is 10.8. The number of amides is 1. The molecule has 0 fully saturated rings. The normalized spacial score (nSPS) is 11.5. The van der Waals surface area contributed by atoms with Gasteiger partial charge < -0.3 is 5.73 Å². The van der Waals surface area contributed by atoms with Crippen molar-refractivity contribution in [1.29, 1.82) is 0 Å². The Morgan fingerprint density at radius 1 is 1.03 bits per heavy atom. The molecule has 9 nitrogen and oxygen atoms in total. The number of fused-ring (bicyclic) bond motifs is 3. The Bertz CT molecular complexity index is 1730. The number of nitrogens with two attached hydrogens (primary N) is 1. The zero-order valence-electron chi connectivity index (χ0n) is 19.4. The van der Waals surface area contributed by atoms with Gasteiger partial charge in [-0.2, -0.15) is 4.98 Å². The average molecular weight is 457 g/mol. The van der Waals surface area contributed by atoms with Gasteiger partial charge in [0.15, 0.2) is 11.2 Å². The smallest absolute Gasteiger partial charge is 0.332 e. The van der Waals surface area contributed by atoms with Gasteiger partial charge >= 0.3 is 5.69 Å². The Morgan fingerprint density at radius 3 is 2.41 bits per heavy atom. The molecule has 0 unspecified atom stereocenters. The molecule has 5 rings (SSSR count). The molecule has 0 aliphatic heterocycles. The number of aryl methyl sites for hydroxylation is 4. The molecule has 2 N–H and O–H groups in total. The Labute approximate surface area is 194 Å². The first-order chi connectivity index (χ1) is 16.2. The summed E-state index contributed by atoms with van der Waals surface area (Å²) < 4.78 is 6.25. The highest BCUT2D eigenvalue weighted by molar-refractivity contribution is 5.93. The number of benzene rings is 2. The molecule has 9 heteroatoms. The van der Waals surface area contributed by atoms with Crippen LogP contribution in [-0.4, -0.2) is 29.0 Å². The van der Waals surface area contributed by atoms with Crippen molar-refractivity contribution in [2.45, 2.75) is 27.3 Å². The van der Waals surface area contributed by atoms with Crippen molar-refractivity contribution in [2.75, 3.05) is 0 Å². The Hall–Kier alpha value is -4.40. The molecule has 0 aliphatic rings. The topological polar surface area (TPSA) is 109 Å². The van der Waals surface area contributed by atoms with Gasteiger partial charge in [-0.05, 0) is 56.2 Å². The van der Waals surface area contributed by atoms with E-state index in [1.807, 2.05) is 49.7 Å². The van der Waals surface area contributed by atoms with E-state index in [9.17, 15) is 14.4 Å². The summed E-state index contributed by atoms with van der Waals surface area (Å²) in [4.78, 5) is 42.8. The highest BCUT2D eigenvalue weighted by Gasteiger charge is 2.21. The zero-order chi connectivity index (χ0) is 24.3. The van der Waals surface area contributed by atoms with Crippen LogP contribution in [0, 0.1) is 20.8 Å². The maximum absolute atomic E-state index is 13.6. The zero-order valence-corrected chi connectivity index (χ0v) is 19.4. The van der Waals surface area contributed by atoms with Crippen LogP contribution in [0.3, 0.4) is 0 Å². The second-order valence-electron chi connectivity index (χ2n) is 8.63. The predicted octanol–water partition coefficient (Wildman–Crippen LogP) is 2.21. The molecule has 0 saturated heterocycles. The molecular weight excluding hydrogens is 432 g/mol. The van der Waals surface area contributed by atoms with Crippen LogP contribution in [0.5, 0.6) is 0 Å². The molecule has 1 amide bonds. The highest BCUT2D eigenvalue weighted by atomic mass is 16.2. The van der Waals surface area contributed by atoms with Crippen LogP contribution in [0.4, 0.5) is 0 Å². The maximum Gasteiger partial charge on any atom is 0.332 e. The average Bonchev–Trinajstić information content (AvgIpc) is 3.32. The van der Waals surface area contributed by atoms with E-state index in [4.69, 9.17) is 5.73 Å². The maximum atomic E-state index is 13.6. The van der Waals surface area contributed by atoms with Gasteiger partial charge in [0, 0.05) is 30.2 Å². The lowest BCUT2D eigenvalue weighted by molar-refractivity contribution is 0.100. The minimum atomic E-state index is -0.508. The molecule has 2 aromatic carbocycles. The standard InChI is InChI=1S/C25H24N6O3/c1-14-5-6-15(2)18(11-14)13-30-23(33)20-22(28(4)25(30)34)27-24-29(20)12-16(3)31(24)19-9-7-17(8-10-19)21(26)32/h5-12H,13H2,1-4H3,(H2,26,32). The first kappa shape index (κ1) is 21.4. The summed E-state index contributed by atoms with van der Waals surface area (Å²) in [6.45, 7) is 6.03. The number of hydrogen-bond donors (Lipinski definition) is 1. The molecule has 3 heterocycles. The van der Waals surface area contributed by atoms with Gasteiger partial charge in [0.2, 0.25) is 11.7 Å². The Kier molecular flexibility index (Phi) is 4.78. The third-order valence-electron chi connectivity index (χ3n) is 6.27. The highest BCUT2D eigenvalue weighted by Crippen LogP contribution is 2.21. The van der Waals surface area contributed by atoms with E-state index in [0.29, 0.717) is 22.5 Å². The summed E-state index contributed by atoms with van der Waals surface area (Å²) in [5.41, 5.74) is 10.2. The molecule has 0 spiro atoms. The fraction of sp³-hybridized carbons (Fsp3) is 0.200. The van der Waals surface area contributed by atoms with Crippen LogP contribution >= 0.6 is 0 Å². The minimum absolute atomic E-state index is 0.177. The van der Waals surface area contributed by atoms with Crippen LogP contribution in [-0.2, 0) is 13.6 Å². The van der Waals surface area contributed by atoms with Crippen molar-refractivity contribution in [2.24, 2.45) is 12.8 Å². The molecule has 5 aromatic rings. The molecule has 0 radical (unpaired) electrons. The van der Waals surface area contributed by atoms with Gasteiger partial charge in [0.1, 0.15) is 0 Å². The minimum Gasteiger partial charge on any atom is -0.366 e. The fourth-order valence-corrected chi connectivity index (χ4v) is 4.38. The predicted molar refractivity (Wildman–Crippen MR) is 130 cm³/mol. The van der Waals surface area contributed by atoms with Crippen molar-refractivity contribution in [1.82, 2.24) is 23.1 Å². The van der Waals surface area contributed by atoms with E-state index in [2.05, 4.69) is 4.98 Å². The Balaban J connectivity index is 1.75. The van der Waals surface area contributed by atoms with Crippen molar-refractivity contribution in [3.8, 4) is 5.69 Å². The van der Waals surface area contributed by atoms with E-state index >= 15 is 0 Å². The van der Waals surface area contributed by atoms with E-state index in [0.717, 1.165) is 28.1 Å². The summed E-state index contributed by atoms with van der Waals surface area (Å²) in [6, 6.07) is 12.8. The number of carbonyl (C=O) groups is 1. The van der Waals surface area contributed by atoms with E-state index < -0.39 is 17.2 Å². The third-order valence-corrected chi connectivity index (χ3v) is 6.27. The SMILES string of the molecule is Cc1ccc(C)c(Cn2c(=O)c3c(nc4n(-c5ccc(C(N)=O)cc5)c(C)cn34)n(C)c2=O)c1. The van der Waals surface area contributed by atoms with Gasteiger partial charge in [-0.25, -0.2) is 4.79 Å². The van der Waals surface area contributed by atoms with Crippen LogP contribution in [0.1, 0.15) is 32.7 Å². The fourth-order valence-electron chi connectivity index (χ4n) is 4.38. The lowest BCUT2D eigenvalue weighted by atomic mass is 10.1. The lowest BCUT2D eigenvalue weighted by Crippen LogP contribution is -2.39. The second kappa shape index (κ2) is 7.58. The molecule has 34 heavy (non-hydrogen) atoms. The van der Waals surface area contributed by atoms with Gasteiger partial charge in [0.05, 0.1) is 6.54 Å². The summed E-state index contributed by atoms with van der Waals surface area (Å²) in [7, 11) is 1.62. The van der Waals surface area contributed by atoms with Gasteiger partial charge in [-0.1, -0.05) is 23.8 Å². The summed E-state index contributed by atoms with van der Waals surface area (Å²) in [5, 5.41) is 0. The molecule has 0 aliphatic carbocycles. The van der Waals surface area contributed by atoms with E-state index in [-0.39, 0.29) is 6.54 Å². The molecular formula is C25H24N6O3. The van der Waals surface area contributed by atoms with E-state index in [1.54, 1.807) is 35.7 Å². The quantitative estimate of drug-likeness (QED) is 0.447. The number of nitrogens with zero attached hydrogens (tertiary/aromatic N) is 5. The van der Waals surface area contributed by atoms with Crippen LogP contribution in [0.25, 0.3) is 22.6 Å². The molecule has 0 bridgehead atoms. The molecule has 0 saturated carbocycles. The van der Waals surface area contributed by atoms with Crippen molar-refractivity contribution >= 4 is 22.8 Å². The molecule has 3 aromatic heterocycles. The van der Waals surface area contributed by atoms with E-state index in [1.165, 1.54) is 9.13 Å². The number of rotatable bonds is 4. The number of aromatic nitrogens is 5. The van der Waals surface area contributed by atoms with Crippen LogP contribution in [0.15, 0.2) is 58.3 Å². The van der Waals surface area contributed by atoms with Crippen LogP contribution < -0.4 is 17.0 Å². The second-order valence-corrected chi connectivity index (χ2v) is 8.63. The third kappa shape index (κ3) is 3.16. The Morgan fingerprint density at radius 2 is 1.74 bits per heavy atom. The number of carbonyl (C=O) groups excluding carboxylic acids is 1. The van der Waals surface area contributed by atoms with Gasteiger partial charge in [-0.15, -0.1) is 0 Å². The van der Waals surface area contributed by atoms with Crippen molar-refractivity contribution < 1.29 is 4.79 Å². The monoisotopic (exact) mass is 456 g/mol. The summed E-state index contributed by atoms with van der Waals surface area (Å²) >= 11 is 0. The molecule has 0 atom stereocenters. The number of primary amides is 1.